The van der Waals surface area contributed by atoms with Gasteiger partial charge in [0.15, 0.2) is 5.11 Å². The van der Waals surface area contributed by atoms with E-state index in [9.17, 15) is 0 Å². The second-order valence-electron chi connectivity index (χ2n) is 6.50. The molecule has 0 aliphatic carbocycles. The molecule has 0 atom stereocenters. The van der Waals surface area contributed by atoms with Crippen LogP contribution in [0.4, 0.5) is 0 Å². The Morgan fingerprint density at radius 3 is 2.62 bits per heavy atom. The summed E-state index contributed by atoms with van der Waals surface area (Å²) < 4.78 is 5.37. The molecule has 0 radical (unpaired) electrons. The van der Waals surface area contributed by atoms with Gasteiger partial charge in [-0.25, -0.2) is 0 Å². The zero-order chi connectivity index (χ0) is 17.2. The van der Waals surface area contributed by atoms with Gasteiger partial charge in [0.05, 0.1) is 32.0 Å². The van der Waals surface area contributed by atoms with Gasteiger partial charge in [-0.3, -0.25) is 5.43 Å². The summed E-state index contributed by atoms with van der Waals surface area (Å²) in [5, 5.41) is 8.36. The van der Waals surface area contributed by atoms with Crippen molar-refractivity contribution < 1.29 is 9.64 Å². The van der Waals surface area contributed by atoms with Gasteiger partial charge in [-0.1, -0.05) is 44.2 Å². The van der Waals surface area contributed by atoms with E-state index in [4.69, 9.17) is 17.0 Å². The molecule has 132 valence electrons. The molecule has 5 nitrogen and oxygen atoms in total. The summed E-state index contributed by atoms with van der Waals surface area (Å²) in [7, 11) is 0. The average molecular weight is 350 g/mol. The van der Waals surface area contributed by atoms with E-state index < -0.39 is 0 Å². The van der Waals surface area contributed by atoms with Crippen LogP contribution in [0.25, 0.3) is 0 Å². The largest absolute Gasteiger partial charge is 0.370 e. The number of thiocarbonyl (C=S) groups is 1. The third-order valence-corrected chi connectivity index (χ3v) is 4.20. The highest BCUT2D eigenvalue weighted by Gasteiger charge is 2.13. The lowest BCUT2D eigenvalue weighted by atomic mass is 10.0. The van der Waals surface area contributed by atoms with Crippen LogP contribution in [-0.2, 0) is 4.74 Å². The zero-order valence-electron chi connectivity index (χ0n) is 14.7. The van der Waals surface area contributed by atoms with E-state index in [0.29, 0.717) is 11.0 Å². The quantitative estimate of drug-likeness (QED) is 0.387. The molecule has 2 rings (SSSR count). The lowest BCUT2D eigenvalue weighted by Gasteiger charge is -2.23. The fourth-order valence-corrected chi connectivity index (χ4v) is 2.81. The summed E-state index contributed by atoms with van der Waals surface area (Å²) in [4.78, 5) is 1.56. The van der Waals surface area contributed by atoms with Crippen LogP contribution in [0.5, 0.6) is 0 Å². The van der Waals surface area contributed by atoms with Crippen molar-refractivity contribution in [2.45, 2.75) is 20.3 Å². The molecule has 0 saturated carbocycles. The molecule has 1 saturated heterocycles. The minimum atomic E-state index is 0.539. The first kappa shape index (κ1) is 18.8. The zero-order valence-corrected chi connectivity index (χ0v) is 15.5. The molecule has 1 aromatic rings. The Balaban J connectivity index is 1.80. The molecule has 0 aromatic heterocycles. The van der Waals surface area contributed by atoms with E-state index in [2.05, 4.69) is 41.8 Å². The minimum absolute atomic E-state index is 0.539. The summed E-state index contributed by atoms with van der Waals surface area (Å²) in [6.45, 7) is 10.2. The van der Waals surface area contributed by atoms with Gasteiger partial charge in [0.2, 0.25) is 0 Å². The molecule has 1 heterocycles. The Kier molecular flexibility index (Phi) is 8.15. The number of benzene rings is 1. The van der Waals surface area contributed by atoms with Gasteiger partial charge in [0.25, 0.3) is 0 Å². The summed E-state index contributed by atoms with van der Waals surface area (Å²) in [5.74, 6) is 0.539. The number of nitrogens with one attached hydrogen (secondary N) is 3. The van der Waals surface area contributed by atoms with Crippen LogP contribution in [-0.4, -0.2) is 50.2 Å². The number of quaternary nitrogens is 1. The van der Waals surface area contributed by atoms with Gasteiger partial charge in [-0.2, -0.15) is 5.10 Å². The van der Waals surface area contributed by atoms with E-state index in [0.717, 1.165) is 57.1 Å². The lowest BCUT2D eigenvalue weighted by Crippen LogP contribution is -3.14. The monoisotopic (exact) mass is 349 g/mol. The van der Waals surface area contributed by atoms with Gasteiger partial charge >= 0.3 is 0 Å². The van der Waals surface area contributed by atoms with Crippen molar-refractivity contribution in [1.82, 2.24) is 10.7 Å². The van der Waals surface area contributed by atoms with Crippen molar-refractivity contribution >= 4 is 23.0 Å². The molecule has 0 spiro atoms. The number of morpholine rings is 1. The maximum Gasteiger partial charge on any atom is 0.187 e. The average Bonchev–Trinajstić information content (AvgIpc) is 2.60. The van der Waals surface area contributed by atoms with Crippen molar-refractivity contribution in [1.29, 1.82) is 0 Å². The normalized spacial score (nSPS) is 16.2. The van der Waals surface area contributed by atoms with E-state index in [1.807, 2.05) is 18.2 Å². The predicted molar refractivity (Wildman–Crippen MR) is 103 cm³/mol. The highest BCUT2D eigenvalue weighted by atomic mass is 32.1. The maximum absolute atomic E-state index is 5.37. The van der Waals surface area contributed by atoms with Crippen molar-refractivity contribution in [2.75, 3.05) is 39.4 Å². The minimum Gasteiger partial charge on any atom is -0.370 e. The van der Waals surface area contributed by atoms with Crippen LogP contribution in [0, 0.1) is 5.92 Å². The number of rotatable bonds is 7. The van der Waals surface area contributed by atoms with Crippen LogP contribution in [0.1, 0.15) is 25.8 Å². The molecular weight excluding hydrogens is 320 g/mol. The first-order valence-electron chi connectivity index (χ1n) is 8.72. The van der Waals surface area contributed by atoms with Crippen molar-refractivity contribution in [2.24, 2.45) is 11.0 Å². The Morgan fingerprint density at radius 1 is 1.25 bits per heavy atom. The van der Waals surface area contributed by atoms with Crippen LogP contribution in [0.2, 0.25) is 0 Å². The molecule has 1 aromatic carbocycles. The van der Waals surface area contributed by atoms with Crippen molar-refractivity contribution in [3.05, 3.63) is 35.9 Å². The first-order chi connectivity index (χ1) is 11.6. The number of hydrogen-bond acceptors (Lipinski definition) is 3. The number of nitrogens with zero attached hydrogens (tertiary/aromatic N) is 1. The SMILES string of the molecule is CC(C)C/C(=N/NC(=S)NCC[NH+]1CCOCC1)c1ccccc1. The molecular formula is C18H29N4OS+. The third-order valence-electron chi connectivity index (χ3n) is 3.97. The first-order valence-corrected chi connectivity index (χ1v) is 9.13. The van der Waals surface area contributed by atoms with E-state index >= 15 is 0 Å². The maximum atomic E-state index is 5.37. The molecule has 1 fully saturated rings. The smallest absolute Gasteiger partial charge is 0.187 e. The van der Waals surface area contributed by atoms with Gasteiger partial charge < -0.3 is 15.0 Å². The number of hydrogen-bond donors (Lipinski definition) is 3. The fraction of sp³-hybridized carbons (Fsp3) is 0.556. The Hall–Kier alpha value is -1.50. The molecule has 1 aliphatic heterocycles. The fourth-order valence-electron chi connectivity index (χ4n) is 2.67. The van der Waals surface area contributed by atoms with E-state index in [1.165, 1.54) is 0 Å². The summed E-state index contributed by atoms with van der Waals surface area (Å²) in [6.07, 6.45) is 0.914. The van der Waals surface area contributed by atoms with Crippen LogP contribution < -0.4 is 15.6 Å². The van der Waals surface area contributed by atoms with E-state index in [-0.39, 0.29) is 0 Å². The Morgan fingerprint density at radius 2 is 1.96 bits per heavy atom. The topological polar surface area (TPSA) is 50.1 Å². The molecule has 3 N–H and O–H groups in total. The van der Waals surface area contributed by atoms with Crippen LogP contribution in [0.3, 0.4) is 0 Å². The Labute approximate surface area is 150 Å². The summed E-state index contributed by atoms with van der Waals surface area (Å²) in [6, 6.07) is 10.3. The molecule has 0 bridgehead atoms. The molecule has 0 unspecified atom stereocenters. The summed E-state index contributed by atoms with van der Waals surface area (Å²) >= 11 is 5.34. The van der Waals surface area contributed by atoms with Gasteiger partial charge in [0.1, 0.15) is 13.1 Å². The number of ether oxygens (including phenoxy) is 1. The second-order valence-corrected chi connectivity index (χ2v) is 6.91. The van der Waals surface area contributed by atoms with Crippen LogP contribution >= 0.6 is 12.2 Å². The third kappa shape index (κ3) is 6.95. The van der Waals surface area contributed by atoms with Gasteiger partial charge in [-0.05, 0) is 30.1 Å². The van der Waals surface area contributed by atoms with Gasteiger partial charge in [0, 0.05) is 0 Å². The second kappa shape index (κ2) is 10.4. The standard InChI is InChI=1S/C18H28N4OS/c1-15(2)14-17(16-6-4-3-5-7-16)20-21-18(24)19-8-9-22-10-12-23-13-11-22/h3-7,15H,8-14H2,1-2H3,(H2,19,21,24)/p+1/b20-17-. The highest BCUT2D eigenvalue weighted by Crippen LogP contribution is 2.09. The molecule has 0 amide bonds. The van der Waals surface area contributed by atoms with E-state index in [1.54, 1.807) is 4.90 Å². The molecule has 6 heteroatoms. The van der Waals surface area contributed by atoms with Crippen molar-refractivity contribution in [3.63, 3.8) is 0 Å². The molecule has 1 aliphatic rings. The van der Waals surface area contributed by atoms with Gasteiger partial charge in [-0.15, -0.1) is 0 Å². The van der Waals surface area contributed by atoms with Crippen molar-refractivity contribution in [3.8, 4) is 0 Å². The highest BCUT2D eigenvalue weighted by molar-refractivity contribution is 7.80. The predicted octanol–water partition coefficient (Wildman–Crippen LogP) is 0.816. The lowest BCUT2D eigenvalue weighted by molar-refractivity contribution is -0.906. The molecule has 24 heavy (non-hydrogen) atoms. The number of hydrazone groups is 1. The Bertz CT molecular complexity index is 527. The van der Waals surface area contributed by atoms with Crippen LogP contribution in [0.15, 0.2) is 35.4 Å². The summed E-state index contributed by atoms with van der Waals surface area (Å²) in [5.41, 5.74) is 5.17.